The Labute approximate surface area is 167 Å². The van der Waals surface area contributed by atoms with E-state index in [1.54, 1.807) is 4.98 Å². The SMILES string of the molecule is NC(=O)c1cc(-c2ccc(OCC3COCCO3)c(Cl)c2)c(C(F)(F)F)[nH]c1=O. The van der Waals surface area contributed by atoms with Crippen molar-refractivity contribution in [3.8, 4) is 16.9 Å². The van der Waals surface area contributed by atoms with Crippen LogP contribution in [0.3, 0.4) is 0 Å². The van der Waals surface area contributed by atoms with Crippen LogP contribution < -0.4 is 16.0 Å². The lowest BCUT2D eigenvalue weighted by atomic mass is 10.0. The number of carbonyl (C=O) groups excluding carboxylic acids is 1. The molecule has 2 aromatic rings. The molecule has 1 aliphatic rings. The molecule has 29 heavy (non-hydrogen) atoms. The number of pyridine rings is 1. The third kappa shape index (κ3) is 4.89. The first kappa shape index (κ1) is 21.2. The molecule has 156 valence electrons. The second-order valence-corrected chi connectivity index (χ2v) is 6.59. The predicted octanol–water partition coefficient (Wildman–Crippen LogP) is 2.61. The van der Waals surface area contributed by atoms with Crippen LogP contribution in [0.2, 0.25) is 5.02 Å². The Morgan fingerprint density at radius 1 is 1.31 bits per heavy atom. The number of hydrogen-bond donors (Lipinski definition) is 2. The first-order valence-corrected chi connectivity index (χ1v) is 8.81. The minimum absolute atomic E-state index is 0.0191. The molecule has 0 saturated carbocycles. The quantitative estimate of drug-likeness (QED) is 0.756. The summed E-state index contributed by atoms with van der Waals surface area (Å²) in [7, 11) is 0. The molecule has 1 amide bonds. The number of alkyl halides is 3. The lowest BCUT2D eigenvalue weighted by Gasteiger charge is -2.23. The number of nitrogens with two attached hydrogens (primary N) is 1. The fourth-order valence-corrected chi connectivity index (χ4v) is 3.00. The van der Waals surface area contributed by atoms with Gasteiger partial charge >= 0.3 is 6.18 Å². The second-order valence-electron chi connectivity index (χ2n) is 6.19. The number of hydrogen-bond acceptors (Lipinski definition) is 5. The van der Waals surface area contributed by atoms with Crippen molar-refractivity contribution in [1.29, 1.82) is 0 Å². The lowest BCUT2D eigenvalue weighted by Crippen LogP contribution is -2.33. The number of aromatic nitrogens is 1. The first-order chi connectivity index (χ1) is 13.7. The van der Waals surface area contributed by atoms with Crippen molar-refractivity contribution in [1.82, 2.24) is 4.98 Å². The van der Waals surface area contributed by atoms with Gasteiger partial charge < -0.3 is 24.9 Å². The highest BCUT2D eigenvalue weighted by molar-refractivity contribution is 6.32. The Hall–Kier alpha value is -2.56. The van der Waals surface area contributed by atoms with Crippen LogP contribution in [0.4, 0.5) is 13.2 Å². The number of carbonyl (C=O) groups is 1. The molecule has 1 fully saturated rings. The van der Waals surface area contributed by atoms with Gasteiger partial charge in [0, 0.05) is 5.56 Å². The maximum atomic E-state index is 13.4. The standard InChI is InChI=1S/C18H16ClF3N2O5/c19-13-5-9(1-2-14(13)29-8-10-7-27-3-4-28-10)11-6-12(16(23)25)17(26)24-15(11)18(20,21)22/h1-2,5-6,10H,3-4,7-8H2,(H2,23,25)(H,24,26). The van der Waals surface area contributed by atoms with Crippen LogP contribution in [0.1, 0.15) is 16.1 Å². The monoisotopic (exact) mass is 432 g/mol. The van der Waals surface area contributed by atoms with Crippen LogP contribution in [-0.2, 0) is 15.7 Å². The molecule has 0 bridgehead atoms. The largest absolute Gasteiger partial charge is 0.489 e. The van der Waals surface area contributed by atoms with Crippen LogP contribution in [0, 0.1) is 0 Å². The highest BCUT2D eigenvalue weighted by Gasteiger charge is 2.36. The van der Waals surface area contributed by atoms with Crippen molar-refractivity contribution in [3.63, 3.8) is 0 Å². The van der Waals surface area contributed by atoms with Gasteiger partial charge in [-0.2, -0.15) is 13.2 Å². The number of nitrogens with one attached hydrogen (secondary N) is 1. The van der Waals surface area contributed by atoms with Crippen LogP contribution in [0.25, 0.3) is 11.1 Å². The van der Waals surface area contributed by atoms with Crippen molar-refractivity contribution in [2.75, 3.05) is 26.4 Å². The van der Waals surface area contributed by atoms with E-state index in [0.29, 0.717) is 19.8 Å². The van der Waals surface area contributed by atoms with E-state index in [4.69, 9.17) is 31.5 Å². The highest BCUT2D eigenvalue weighted by Crippen LogP contribution is 2.37. The van der Waals surface area contributed by atoms with Gasteiger partial charge in [0.25, 0.3) is 11.5 Å². The highest BCUT2D eigenvalue weighted by atomic mass is 35.5. The summed E-state index contributed by atoms with van der Waals surface area (Å²) in [6, 6.07) is 4.75. The van der Waals surface area contributed by atoms with Gasteiger partial charge in [-0.05, 0) is 23.8 Å². The third-order valence-electron chi connectivity index (χ3n) is 4.14. The topological polar surface area (TPSA) is 104 Å². The Morgan fingerprint density at radius 3 is 2.66 bits per heavy atom. The van der Waals surface area contributed by atoms with Gasteiger partial charge in [0.05, 0.1) is 24.8 Å². The zero-order valence-corrected chi connectivity index (χ0v) is 15.6. The van der Waals surface area contributed by atoms with E-state index in [-0.39, 0.29) is 29.0 Å². The van der Waals surface area contributed by atoms with Crippen LogP contribution in [0.5, 0.6) is 5.75 Å². The van der Waals surface area contributed by atoms with Crippen molar-refractivity contribution in [2.45, 2.75) is 12.3 Å². The van der Waals surface area contributed by atoms with Crippen molar-refractivity contribution in [3.05, 3.63) is 50.9 Å². The van der Waals surface area contributed by atoms with E-state index in [9.17, 15) is 22.8 Å². The summed E-state index contributed by atoms with van der Waals surface area (Å²) in [6.07, 6.45) is -5.15. The molecule has 11 heteroatoms. The van der Waals surface area contributed by atoms with Gasteiger partial charge in [-0.3, -0.25) is 9.59 Å². The Kier molecular flexibility index (Phi) is 6.15. The van der Waals surface area contributed by atoms with E-state index >= 15 is 0 Å². The number of ether oxygens (including phenoxy) is 3. The predicted molar refractivity (Wildman–Crippen MR) is 97.1 cm³/mol. The summed E-state index contributed by atoms with van der Waals surface area (Å²) in [4.78, 5) is 24.8. The molecule has 0 radical (unpaired) electrons. The number of benzene rings is 1. The minimum Gasteiger partial charge on any atom is -0.489 e. The number of halogens is 4. The minimum atomic E-state index is -4.87. The van der Waals surface area contributed by atoms with Crippen LogP contribution in [-0.4, -0.2) is 43.4 Å². The van der Waals surface area contributed by atoms with Crippen LogP contribution in [0.15, 0.2) is 29.1 Å². The summed E-state index contributed by atoms with van der Waals surface area (Å²) < 4.78 is 56.4. The molecule has 1 aliphatic heterocycles. The van der Waals surface area contributed by atoms with Crippen molar-refractivity contribution in [2.24, 2.45) is 5.73 Å². The van der Waals surface area contributed by atoms with Gasteiger partial charge in [0.1, 0.15) is 29.7 Å². The lowest BCUT2D eigenvalue weighted by molar-refractivity contribution is -0.140. The number of rotatable bonds is 5. The molecular weight excluding hydrogens is 417 g/mol. The number of amides is 1. The molecule has 1 aromatic carbocycles. The average Bonchev–Trinajstić information content (AvgIpc) is 2.66. The van der Waals surface area contributed by atoms with E-state index in [2.05, 4.69) is 0 Å². The molecule has 3 N–H and O–H groups in total. The normalized spacial score (nSPS) is 17.2. The van der Waals surface area contributed by atoms with Gasteiger partial charge in [-0.15, -0.1) is 0 Å². The summed E-state index contributed by atoms with van der Waals surface area (Å²) in [5.74, 6) is -0.917. The molecule has 0 spiro atoms. The molecule has 1 aromatic heterocycles. The Bertz CT molecular complexity index is 971. The molecule has 7 nitrogen and oxygen atoms in total. The zero-order chi connectivity index (χ0) is 21.2. The molecule has 1 unspecified atom stereocenters. The smallest absolute Gasteiger partial charge is 0.431 e. The number of primary amides is 1. The molecule has 2 heterocycles. The number of aromatic amines is 1. The molecule has 1 saturated heterocycles. The second kappa shape index (κ2) is 8.44. The number of H-pyrrole nitrogens is 1. The van der Waals surface area contributed by atoms with Gasteiger partial charge in [0.2, 0.25) is 0 Å². The first-order valence-electron chi connectivity index (χ1n) is 8.43. The molecule has 3 rings (SSSR count). The van der Waals surface area contributed by atoms with Crippen LogP contribution >= 0.6 is 11.6 Å². The fourth-order valence-electron chi connectivity index (χ4n) is 2.77. The summed E-state index contributed by atoms with van der Waals surface area (Å²) in [5, 5.41) is 0.0409. The Morgan fingerprint density at radius 2 is 2.07 bits per heavy atom. The third-order valence-corrected chi connectivity index (χ3v) is 4.44. The van der Waals surface area contributed by atoms with E-state index in [1.165, 1.54) is 18.2 Å². The summed E-state index contributed by atoms with van der Waals surface area (Å²) >= 11 is 6.16. The van der Waals surface area contributed by atoms with E-state index in [1.807, 2.05) is 0 Å². The van der Waals surface area contributed by atoms with Gasteiger partial charge in [-0.1, -0.05) is 17.7 Å². The van der Waals surface area contributed by atoms with Gasteiger partial charge in [0.15, 0.2) is 0 Å². The molecule has 1 atom stereocenters. The molecular formula is C18H16ClF3N2O5. The summed E-state index contributed by atoms with van der Waals surface area (Å²) in [6.45, 7) is 1.45. The van der Waals surface area contributed by atoms with E-state index in [0.717, 1.165) is 6.07 Å². The maximum Gasteiger partial charge on any atom is 0.431 e. The van der Waals surface area contributed by atoms with Crippen molar-refractivity contribution < 1.29 is 32.2 Å². The van der Waals surface area contributed by atoms with E-state index < -0.39 is 34.5 Å². The molecule has 0 aliphatic carbocycles. The maximum absolute atomic E-state index is 13.4. The van der Waals surface area contributed by atoms with Gasteiger partial charge in [-0.25, -0.2) is 0 Å². The zero-order valence-electron chi connectivity index (χ0n) is 14.8. The fraction of sp³-hybridized carbons (Fsp3) is 0.333. The average molecular weight is 433 g/mol. The summed E-state index contributed by atoms with van der Waals surface area (Å²) in [5.41, 5.74) is 1.51. The Balaban J connectivity index is 1.93. The van der Waals surface area contributed by atoms with Crippen molar-refractivity contribution >= 4 is 17.5 Å².